The van der Waals surface area contributed by atoms with Crippen molar-refractivity contribution in [1.29, 1.82) is 0 Å². The lowest BCUT2D eigenvalue weighted by molar-refractivity contribution is -0.117. The zero-order valence-corrected chi connectivity index (χ0v) is 19.7. The Hall–Kier alpha value is -4.28. The van der Waals surface area contributed by atoms with Crippen molar-refractivity contribution in [2.75, 3.05) is 5.32 Å². The summed E-state index contributed by atoms with van der Waals surface area (Å²) in [6.45, 7) is 6.67. The number of benzene rings is 2. The number of nitrogens with one attached hydrogen (secondary N) is 2. The molecule has 35 heavy (non-hydrogen) atoms. The van der Waals surface area contributed by atoms with Gasteiger partial charge in [-0.1, -0.05) is 12.1 Å². The molecule has 2 N–H and O–H groups in total. The number of halogens is 1. The summed E-state index contributed by atoms with van der Waals surface area (Å²) < 4.78 is 17.4. The van der Waals surface area contributed by atoms with E-state index >= 15 is 0 Å². The molecule has 2 amide bonds. The van der Waals surface area contributed by atoms with Gasteiger partial charge in [0.2, 0.25) is 11.7 Å². The van der Waals surface area contributed by atoms with Crippen molar-refractivity contribution in [2.45, 2.75) is 46.3 Å². The van der Waals surface area contributed by atoms with Gasteiger partial charge in [-0.15, -0.1) is 5.10 Å². The molecule has 0 radical (unpaired) electrons. The Morgan fingerprint density at radius 2 is 1.77 bits per heavy atom. The first-order chi connectivity index (χ1) is 16.6. The quantitative estimate of drug-likeness (QED) is 0.439. The fourth-order valence-corrected chi connectivity index (χ4v) is 3.82. The average Bonchev–Trinajstić information content (AvgIpc) is 3.09. The molecule has 0 bridgehead atoms. The van der Waals surface area contributed by atoms with Gasteiger partial charge >= 0.3 is 5.69 Å². The Morgan fingerprint density at radius 3 is 2.43 bits per heavy atom. The molecule has 0 unspecified atom stereocenters. The van der Waals surface area contributed by atoms with Gasteiger partial charge in [0.25, 0.3) is 11.5 Å². The molecule has 0 atom stereocenters. The van der Waals surface area contributed by atoms with E-state index in [2.05, 4.69) is 15.7 Å². The Labute approximate surface area is 199 Å². The van der Waals surface area contributed by atoms with Crippen molar-refractivity contribution in [3.63, 3.8) is 0 Å². The second kappa shape index (κ2) is 9.16. The molecule has 2 heterocycles. The van der Waals surface area contributed by atoms with Gasteiger partial charge < -0.3 is 10.6 Å². The monoisotopic (exact) mass is 480 g/mol. The van der Waals surface area contributed by atoms with Crippen molar-refractivity contribution in [1.82, 2.24) is 24.1 Å². The molecule has 11 heteroatoms. The third-order valence-electron chi connectivity index (χ3n) is 5.37. The van der Waals surface area contributed by atoms with Crippen molar-refractivity contribution >= 4 is 34.2 Å². The number of carbonyl (C=O) groups excluding carboxylic acids is 2. The third kappa shape index (κ3) is 4.44. The molecule has 10 nitrogen and oxygen atoms in total. The molecule has 0 saturated heterocycles. The standard InChI is InChI=1S/C24H25FN6O4/c1-13(2)26-21(33)15-9-10-16-19(11-15)31-23(30(14(3)4)22(16)34)28-29(24(31)35)12-20(32)27-18-8-6-5-7-17(18)25/h5-11,13-14H,12H2,1-4H3,(H,26,33)(H,27,32). The lowest BCUT2D eigenvalue weighted by atomic mass is 10.1. The molecule has 2 aromatic heterocycles. The number of nitrogens with zero attached hydrogens (tertiary/aromatic N) is 4. The maximum Gasteiger partial charge on any atom is 0.352 e. The zero-order valence-electron chi connectivity index (χ0n) is 19.7. The number of carbonyl (C=O) groups is 2. The SMILES string of the molecule is CC(C)NC(=O)c1ccc2c(=O)n(C(C)C)c3nn(CC(=O)Nc4ccccc4F)c(=O)n3c2c1. The lowest BCUT2D eigenvalue weighted by Crippen LogP contribution is -2.31. The molecule has 0 saturated carbocycles. The van der Waals surface area contributed by atoms with E-state index in [9.17, 15) is 23.6 Å². The van der Waals surface area contributed by atoms with E-state index in [4.69, 9.17) is 0 Å². The molecular weight excluding hydrogens is 455 g/mol. The predicted molar refractivity (Wildman–Crippen MR) is 129 cm³/mol. The van der Waals surface area contributed by atoms with Crippen LogP contribution >= 0.6 is 0 Å². The Kier molecular flexibility index (Phi) is 6.25. The molecule has 182 valence electrons. The molecule has 0 fully saturated rings. The number of fused-ring (bicyclic) bond motifs is 3. The molecule has 2 aromatic carbocycles. The number of hydrogen-bond acceptors (Lipinski definition) is 5. The molecule has 4 aromatic rings. The normalized spacial score (nSPS) is 11.5. The number of hydrogen-bond donors (Lipinski definition) is 2. The van der Waals surface area contributed by atoms with Crippen LogP contribution in [0.3, 0.4) is 0 Å². The second-order valence-corrected chi connectivity index (χ2v) is 8.73. The van der Waals surface area contributed by atoms with Crippen LogP contribution < -0.4 is 21.9 Å². The minimum absolute atomic E-state index is 0.0281. The Bertz CT molecular complexity index is 1580. The van der Waals surface area contributed by atoms with Crippen LogP contribution in [0.25, 0.3) is 16.7 Å². The van der Waals surface area contributed by atoms with Crippen molar-refractivity contribution in [2.24, 2.45) is 0 Å². The number of para-hydroxylation sites is 1. The van der Waals surface area contributed by atoms with Crippen molar-refractivity contribution < 1.29 is 14.0 Å². The summed E-state index contributed by atoms with van der Waals surface area (Å²) in [5, 5.41) is 9.66. The highest BCUT2D eigenvalue weighted by atomic mass is 19.1. The van der Waals surface area contributed by atoms with Gasteiger partial charge in [0.05, 0.1) is 16.6 Å². The van der Waals surface area contributed by atoms with E-state index < -0.39 is 24.0 Å². The van der Waals surface area contributed by atoms with Crippen LogP contribution in [-0.4, -0.2) is 36.6 Å². The summed E-state index contributed by atoms with van der Waals surface area (Å²) in [5.41, 5.74) is -0.620. The van der Waals surface area contributed by atoms with Crippen molar-refractivity contribution in [3.05, 3.63) is 74.7 Å². The molecule has 0 spiro atoms. The first kappa shape index (κ1) is 23.9. The number of anilines is 1. The number of amides is 2. The van der Waals surface area contributed by atoms with Gasteiger partial charge in [-0.05, 0) is 58.0 Å². The van der Waals surface area contributed by atoms with Gasteiger partial charge in [0, 0.05) is 17.6 Å². The highest BCUT2D eigenvalue weighted by molar-refractivity contribution is 5.98. The first-order valence-corrected chi connectivity index (χ1v) is 11.1. The van der Waals surface area contributed by atoms with Crippen LogP contribution in [0.5, 0.6) is 0 Å². The first-order valence-electron chi connectivity index (χ1n) is 11.1. The summed E-state index contributed by atoms with van der Waals surface area (Å²) in [6, 6.07) is 9.68. The highest BCUT2D eigenvalue weighted by Gasteiger charge is 2.21. The minimum Gasteiger partial charge on any atom is -0.350 e. The fraction of sp³-hybridized carbons (Fsp3) is 0.292. The Morgan fingerprint density at radius 1 is 1.06 bits per heavy atom. The molecule has 4 rings (SSSR count). The van der Waals surface area contributed by atoms with Gasteiger partial charge in [0.1, 0.15) is 12.4 Å². The van der Waals surface area contributed by atoms with E-state index in [0.29, 0.717) is 0 Å². The number of rotatable bonds is 6. The summed E-state index contributed by atoms with van der Waals surface area (Å²) in [7, 11) is 0. The summed E-state index contributed by atoms with van der Waals surface area (Å²) >= 11 is 0. The van der Waals surface area contributed by atoms with Crippen LogP contribution in [0.4, 0.5) is 10.1 Å². The van der Waals surface area contributed by atoms with Gasteiger partial charge in [-0.2, -0.15) is 0 Å². The van der Waals surface area contributed by atoms with Gasteiger partial charge in [-0.3, -0.25) is 19.0 Å². The third-order valence-corrected chi connectivity index (χ3v) is 5.37. The maximum absolute atomic E-state index is 13.9. The van der Waals surface area contributed by atoms with E-state index in [-0.39, 0.29) is 51.5 Å². The molecule has 0 aliphatic rings. The summed E-state index contributed by atoms with van der Waals surface area (Å²) in [4.78, 5) is 51.7. The van der Waals surface area contributed by atoms with E-state index in [1.54, 1.807) is 19.9 Å². The Balaban J connectivity index is 1.86. The molecule has 0 aliphatic carbocycles. The van der Waals surface area contributed by atoms with E-state index in [1.807, 2.05) is 13.8 Å². The summed E-state index contributed by atoms with van der Waals surface area (Å²) in [6.07, 6.45) is 0. The largest absolute Gasteiger partial charge is 0.352 e. The van der Waals surface area contributed by atoms with Crippen LogP contribution in [-0.2, 0) is 11.3 Å². The predicted octanol–water partition coefficient (Wildman–Crippen LogP) is 2.31. The van der Waals surface area contributed by atoms with E-state index in [0.717, 1.165) is 4.68 Å². The van der Waals surface area contributed by atoms with Crippen molar-refractivity contribution in [3.8, 4) is 0 Å². The second-order valence-electron chi connectivity index (χ2n) is 8.73. The van der Waals surface area contributed by atoms with Gasteiger partial charge in [0.15, 0.2) is 0 Å². The summed E-state index contributed by atoms with van der Waals surface area (Å²) in [5.74, 6) is -1.61. The zero-order chi connectivity index (χ0) is 25.4. The van der Waals surface area contributed by atoms with E-state index in [1.165, 1.54) is 45.4 Å². The fourth-order valence-electron chi connectivity index (χ4n) is 3.82. The molecular formula is C24H25FN6O4. The minimum atomic E-state index is -0.676. The molecule has 0 aliphatic heterocycles. The van der Waals surface area contributed by atoms with Crippen LogP contribution in [0.15, 0.2) is 52.1 Å². The smallest absolute Gasteiger partial charge is 0.350 e. The van der Waals surface area contributed by atoms with Gasteiger partial charge in [-0.25, -0.2) is 18.3 Å². The lowest BCUT2D eigenvalue weighted by Gasteiger charge is -2.13. The highest BCUT2D eigenvalue weighted by Crippen LogP contribution is 2.17. The van der Waals surface area contributed by atoms with Crippen LogP contribution in [0.2, 0.25) is 0 Å². The number of aromatic nitrogens is 4. The van der Waals surface area contributed by atoms with Crippen LogP contribution in [0.1, 0.15) is 44.1 Å². The van der Waals surface area contributed by atoms with Crippen LogP contribution in [0, 0.1) is 5.82 Å². The maximum atomic E-state index is 13.9. The average molecular weight is 481 g/mol. The topological polar surface area (TPSA) is 120 Å².